The maximum absolute atomic E-state index is 12.6. The average Bonchev–Trinajstić information content (AvgIpc) is 2.95. The first-order valence-electron chi connectivity index (χ1n) is 8.19. The minimum absolute atomic E-state index is 0.323. The molecule has 0 saturated carbocycles. The van der Waals surface area contributed by atoms with E-state index in [1.54, 1.807) is 54.6 Å². The van der Waals surface area contributed by atoms with Crippen LogP contribution in [0, 0.1) is 0 Å². The Morgan fingerprint density at radius 1 is 0.815 bits per heavy atom. The summed E-state index contributed by atoms with van der Waals surface area (Å²) < 4.78 is 0.910. The number of amides is 3. The number of carbonyl (C=O) groups is 3. The Balaban J connectivity index is 1.62. The molecule has 132 valence electrons. The maximum Gasteiger partial charge on any atom is 0.266 e. The molecule has 1 aliphatic rings. The van der Waals surface area contributed by atoms with Crippen molar-refractivity contribution in [2.45, 2.75) is 0 Å². The van der Waals surface area contributed by atoms with Crippen molar-refractivity contribution in [2.24, 2.45) is 0 Å². The molecule has 3 aromatic carbocycles. The third-order valence-corrected chi connectivity index (χ3v) is 4.79. The Bertz CT molecular complexity index is 1040. The van der Waals surface area contributed by atoms with Crippen LogP contribution in [0.2, 0.25) is 0 Å². The summed E-state index contributed by atoms with van der Waals surface area (Å²) in [5.41, 5.74) is 2.10. The van der Waals surface area contributed by atoms with Gasteiger partial charge in [-0.3, -0.25) is 14.4 Å². The topological polar surface area (TPSA) is 66.5 Å². The van der Waals surface area contributed by atoms with Gasteiger partial charge in [0.25, 0.3) is 17.7 Å². The Kier molecular flexibility index (Phi) is 4.33. The first-order chi connectivity index (χ1) is 13.0. The molecule has 0 fully saturated rings. The highest BCUT2D eigenvalue weighted by atomic mass is 79.9. The van der Waals surface area contributed by atoms with E-state index in [9.17, 15) is 14.4 Å². The molecule has 3 amide bonds. The summed E-state index contributed by atoms with van der Waals surface area (Å²) in [5.74, 6) is -1.10. The SMILES string of the molecule is O=C(Nc1ccc(Br)cc1)c1cccc(N2C(=O)c3ccccc3C2=O)c1. The lowest BCUT2D eigenvalue weighted by atomic mass is 10.1. The summed E-state index contributed by atoms with van der Waals surface area (Å²) >= 11 is 3.35. The van der Waals surface area contributed by atoms with Gasteiger partial charge < -0.3 is 5.32 Å². The van der Waals surface area contributed by atoms with Gasteiger partial charge >= 0.3 is 0 Å². The number of anilines is 2. The summed E-state index contributed by atoms with van der Waals surface area (Å²) in [6.07, 6.45) is 0. The standard InChI is InChI=1S/C21H13BrN2O3/c22-14-8-10-15(11-9-14)23-19(25)13-4-3-5-16(12-13)24-20(26)17-6-1-2-7-18(17)21(24)27/h1-12H,(H,23,25). The van der Waals surface area contributed by atoms with E-state index in [-0.39, 0.29) is 17.7 Å². The molecule has 27 heavy (non-hydrogen) atoms. The van der Waals surface area contributed by atoms with Gasteiger partial charge in [-0.15, -0.1) is 0 Å². The highest BCUT2D eigenvalue weighted by Crippen LogP contribution is 2.29. The normalized spacial score (nSPS) is 12.9. The predicted octanol–water partition coefficient (Wildman–Crippen LogP) is 4.50. The number of rotatable bonds is 3. The number of benzene rings is 3. The van der Waals surface area contributed by atoms with Gasteiger partial charge in [-0.25, -0.2) is 4.90 Å². The van der Waals surface area contributed by atoms with Crippen molar-refractivity contribution >= 4 is 45.0 Å². The van der Waals surface area contributed by atoms with Gasteiger partial charge in [0.05, 0.1) is 16.8 Å². The number of hydrogen-bond donors (Lipinski definition) is 1. The lowest BCUT2D eigenvalue weighted by Crippen LogP contribution is -2.29. The van der Waals surface area contributed by atoms with E-state index in [2.05, 4.69) is 21.2 Å². The van der Waals surface area contributed by atoms with Crippen molar-refractivity contribution in [3.05, 3.63) is 94.0 Å². The lowest BCUT2D eigenvalue weighted by molar-refractivity contribution is 0.0924. The summed E-state index contributed by atoms with van der Waals surface area (Å²) in [6, 6.07) is 20.3. The average molecular weight is 421 g/mol. The molecule has 0 aromatic heterocycles. The van der Waals surface area contributed by atoms with E-state index in [1.165, 1.54) is 6.07 Å². The molecule has 0 aliphatic carbocycles. The second kappa shape index (κ2) is 6.81. The maximum atomic E-state index is 12.6. The summed E-state index contributed by atoms with van der Waals surface area (Å²) in [4.78, 5) is 38.9. The first kappa shape index (κ1) is 17.2. The molecule has 1 aliphatic heterocycles. The van der Waals surface area contributed by atoms with Crippen LogP contribution in [-0.2, 0) is 0 Å². The number of carbonyl (C=O) groups excluding carboxylic acids is 3. The molecule has 1 N–H and O–H groups in total. The van der Waals surface area contributed by atoms with Gasteiger partial charge in [0.2, 0.25) is 0 Å². The second-order valence-corrected chi connectivity index (χ2v) is 6.92. The number of halogens is 1. The molecule has 0 bridgehead atoms. The molecular formula is C21H13BrN2O3. The van der Waals surface area contributed by atoms with Gasteiger partial charge in [-0.05, 0) is 54.6 Å². The van der Waals surface area contributed by atoms with Crippen molar-refractivity contribution in [3.8, 4) is 0 Å². The van der Waals surface area contributed by atoms with Gasteiger partial charge in [0.15, 0.2) is 0 Å². The molecular weight excluding hydrogens is 408 g/mol. The van der Waals surface area contributed by atoms with Gasteiger partial charge in [-0.1, -0.05) is 34.1 Å². The van der Waals surface area contributed by atoms with Crippen LogP contribution in [0.3, 0.4) is 0 Å². The van der Waals surface area contributed by atoms with Crippen LogP contribution in [0.1, 0.15) is 31.1 Å². The Morgan fingerprint density at radius 2 is 1.44 bits per heavy atom. The highest BCUT2D eigenvalue weighted by molar-refractivity contribution is 9.10. The third-order valence-electron chi connectivity index (χ3n) is 4.26. The zero-order valence-corrected chi connectivity index (χ0v) is 15.6. The number of fused-ring (bicyclic) bond motifs is 1. The molecule has 5 nitrogen and oxygen atoms in total. The van der Waals surface area contributed by atoms with E-state index in [4.69, 9.17) is 0 Å². The minimum Gasteiger partial charge on any atom is -0.322 e. The second-order valence-electron chi connectivity index (χ2n) is 6.00. The third kappa shape index (κ3) is 3.15. The predicted molar refractivity (Wildman–Crippen MR) is 106 cm³/mol. The number of hydrogen-bond acceptors (Lipinski definition) is 3. The molecule has 0 radical (unpaired) electrons. The van der Waals surface area contributed by atoms with Crippen molar-refractivity contribution in [2.75, 3.05) is 10.2 Å². The number of imide groups is 1. The lowest BCUT2D eigenvalue weighted by Gasteiger charge is -2.15. The van der Waals surface area contributed by atoms with Crippen LogP contribution >= 0.6 is 15.9 Å². The van der Waals surface area contributed by atoms with Gasteiger partial charge in [0, 0.05) is 15.7 Å². The fourth-order valence-electron chi connectivity index (χ4n) is 2.95. The molecule has 4 rings (SSSR count). The van der Waals surface area contributed by atoms with Gasteiger partial charge in [0.1, 0.15) is 0 Å². The molecule has 0 unspecified atom stereocenters. The van der Waals surface area contributed by atoms with Crippen LogP contribution in [0.5, 0.6) is 0 Å². The Labute approximate surface area is 163 Å². The Hall–Kier alpha value is -3.25. The van der Waals surface area contributed by atoms with Crippen LogP contribution in [0.15, 0.2) is 77.3 Å². The van der Waals surface area contributed by atoms with E-state index < -0.39 is 0 Å². The van der Waals surface area contributed by atoms with Crippen LogP contribution in [0.25, 0.3) is 0 Å². The molecule has 3 aromatic rings. The largest absolute Gasteiger partial charge is 0.322 e. The smallest absolute Gasteiger partial charge is 0.266 e. The van der Waals surface area contributed by atoms with Crippen molar-refractivity contribution in [1.29, 1.82) is 0 Å². The minimum atomic E-state index is -0.388. The van der Waals surface area contributed by atoms with Crippen molar-refractivity contribution in [3.63, 3.8) is 0 Å². The van der Waals surface area contributed by atoms with E-state index in [0.29, 0.717) is 28.1 Å². The summed E-state index contributed by atoms with van der Waals surface area (Å²) in [5, 5.41) is 2.79. The van der Waals surface area contributed by atoms with Crippen molar-refractivity contribution < 1.29 is 14.4 Å². The molecule has 0 spiro atoms. The molecule has 0 atom stereocenters. The summed E-state index contributed by atoms with van der Waals surface area (Å²) in [6.45, 7) is 0. The van der Waals surface area contributed by atoms with Crippen molar-refractivity contribution in [1.82, 2.24) is 0 Å². The summed E-state index contributed by atoms with van der Waals surface area (Å²) in [7, 11) is 0. The van der Waals surface area contributed by atoms with Gasteiger partial charge in [-0.2, -0.15) is 0 Å². The molecule has 0 saturated heterocycles. The Morgan fingerprint density at radius 3 is 2.07 bits per heavy atom. The molecule has 1 heterocycles. The van der Waals surface area contributed by atoms with E-state index in [0.717, 1.165) is 9.37 Å². The quantitative estimate of drug-likeness (QED) is 0.634. The van der Waals surface area contributed by atoms with E-state index in [1.807, 2.05) is 12.1 Å². The van der Waals surface area contributed by atoms with Crippen LogP contribution in [-0.4, -0.2) is 17.7 Å². The first-order valence-corrected chi connectivity index (χ1v) is 8.99. The number of nitrogens with zero attached hydrogens (tertiary/aromatic N) is 1. The molecule has 6 heteroatoms. The zero-order valence-electron chi connectivity index (χ0n) is 14.0. The highest BCUT2D eigenvalue weighted by Gasteiger charge is 2.36. The fraction of sp³-hybridized carbons (Fsp3) is 0. The fourth-order valence-corrected chi connectivity index (χ4v) is 3.21. The zero-order chi connectivity index (χ0) is 19.0. The van der Waals surface area contributed by atoms with E-state index >= 15 is 0 Å². The number of nitrogens with one attached hydrogen (secondary N) is 1. The van der Waals surface area contributed by atoms with Crippen LogP contribution < -0.4 is 10.2 Å². The monoisotopic (exact) mass is 420 g/mol. The van der Waals surface area contributed by atoms with Crippen LogP contribution in [0.4, 0.5) is 11.4 Å².